The summed E-state index contributed by atoms with van der Waals surface area (Å²) in [6, 6.07) is 8.24. The molecule has 0 unspecified atom stereocenters. The van der Waals surface area contributed by atoms with E-state index in [9.17, 15) is 4.79 Å². The fraction of sp³-hybridized carbons (Fsp3) is 0.375. The highest BCUT2D eigenvalue weighted by molar-refractivity contribution is 6.02. The van der Waals surface area contributed by atoms with E-state index in [-0.39, 0.29) is 5.91 Å². The van der Waals surface area contributed by atoms with Crippen molar-refractivity contribution < 1.29 is 4.79 Å². The van der Waals surface area contributed by atoms with Gasteiger partial charge in [-0.2, -0.15) is 0 Å². The molecule has 104 valence electrons. The summed E-state index contributed by atoms with van der Waals surface area (Å²) in [6.07, 6.45) is 9.65. The fourth-order valence-corrected chi connectivity index (χ4v) is 2.85. The number of carbonyl (C=O) groups excluding carboxylic acids is 1. The standard InChI is InChI=1S/C16H19N3O/c20-16(15-10-17-11-18-15)19-14-8-6-13(7-9-14)12-4-2-1-3-5-12/h6-12H,1-5H2,(H,17,18)(H,19,20). The van der Waals surface area contributed by atoms with Crippen LogP contribution in [0.2, 0.25) is 0 Å². The quantitative estimate of drug-likeness (QED) is 0.892. The predicted octanol–water partition coefficient (Wildman–Crippen LogP) is 3.71. The molecule has 1 aliphatic rings. The molecule has 4 heteroatoms. The molecule has 1 aromatic carbocycles. The van der Waals surface area contributed by atoms with Crippen LogP contribution in [0.3, 0.4) is 0 Å². The maximum Gasteiger partial charge on any atom is 0.273 e. The first kappa shape index (κ1) is 12.9. The van der Waals surface area contributed by atoms with Gasteiger partial charge in [0.25, 0.3) is 5.91 Å². The van der Waals surface area contributed by atoms with Crippen LogP contribution >= 0.6 is 0 Å². The summed E-state index contributed by atoms with van der Waals surface area (Å²) in [5, 5.41) is 2.86. The smallest absolute Gasteiger partial charge is 0.273 e. The molecule has 0 aliphatic heterocycles. The molecule has 4 nitrogen and oxygen atoms in total. The lowest BCUT2D eigenvalue weighted by Crippen LogP contribution is -2.12. The topological polar surface area (TPSA) is 57.8 Å². The van der Waals surface area contributed by atoms with E-state index in [2.05, 4.69) is 27.4 Å². The largest absolute Gasteiger partial charge is 0.341 e. The average molecular weight is 269 g/mol. The van der Waals surface area contributed by atoms with E-state index in [0.717, 1.165) is 5.69 Å². The van der Waals surface area contributed by atoms with Gasteiger partial charge in [-0.05, 0) is 36.5 Å². The van der Waals surface area contributed by atoms with Crippen molar-refractivity contribution in [2.45, 2.75) is 38.0 Å². The Kier molecular flexibility index (Phi) is 3.81. The molecule has 3 rings (SSSR count). The highest BCUT2D eigenvalue weighted by Gasteiger charge is 2.15. The molecule has 0 bridgehead atoms. The molecule has 1 heterocycles. The van der Waals surface area contributed by atoms with Gasteiger partial charge in [0.15, 0.2) is 0 Å². The van der Waals surface area contributed by atoms with Crippen LogP contribution in [0.5, 0.6) is 0 Å². The normalized spacial score (nSPS) is 16.0. The van der Waals surface area contributed by atoms with Crippen molar-refractivity contribution in [1.82, 2.24) is 9.97 Å². The second-order valence-corrected chi connectivity index (χ2v) is 5.38. The minimum atomic E-state index is -0.159. The maximum atomic E-state index is 11.9. The molecule has 1 aromatic heterocycles. The zero-order chi connectivity index (χ0) is 13.8. The first-order valence-electron chi connectivity index (χ1n) is 7.22. The number of hydrogen-bond acceptors (Lipinski definition) is 2. The molecule has 1 fully saturated rings. The monoisotopic (exact) mass is 269 g/mol. The summed E-state index contributed by atoms with van der Waals surface area (Å²) in [4.78, 5) is 18.5. The third-order valence-corrected chi connectivity index (χ3v) is 3.99. The second kappa shape index (κ2) is 5.90. The molecular formula is C16H19N3O. The number of imidazole rings is 1. The summed E-state index contributed by atoms with van der Waals surface area (Å²) in [5.74, 6) is 0.536. The molecule has 20 heavy (non-hydrogen) atoms. The van der Waals surface area contributed by atoms with Crippen molar-refractivity contribution in [3.8, 4) is 0 Å². The highest BCUT2D eigenvalue weighted by atomic mass is 16.1. The molecule has 2 N–H and O–H groups in total. The minimum Gasteiger partial charge on any atom is -0.341 e. The molecular weight excluding hydrogens is 250 g/mol. The molecule has 1 amide bonds. The third-order valence-electron chi connectivity index (χ3n) is 3.99. The number of nitrogens with zero attached hydrogens (tertiary/aromatic N) is 1. The minimum absolute atomic E-state index is 0.159. The van der Waals surface area contributed by atoms with Gasteiger partial charge in [-0.1, -0.05) is 31.4 Å². The Morgan fingerprint density at radius 1 is 1.15 bits per heavy atom. The van der Waals surface area contributed by atoms with Gasteiger partial charge in [0, 0.05) is 5.69 Å². The van der Waals surface area contributed by atoms with E-state index in [4.69, 9.17) is 0 Å². The lowest BCUT2D eigenvalue weighted by atomic mass is 9.84. The number of nitrogens with one attached hydrogen (secondary N) is 2. The number of anilines is 1. The number of aromatic nitrogens is 2. The predicted molar refractivity (Wildman–Crippen MR) is 78.8 cm³/mol. The summed E-state index contributed by atoms with van der Waals surface area (Å²) in [7, 11) is 0. The lowest BCUT2D eigenvalue weighted by molar-refractivity contribution is 0.102. The van der Waals surface area contributed by atoms with Crippen molar-refractivity contribution in [1.29, 1.82) is 0 Å². The summed E-state index contributed by atoms with van der Waals surface area (Å²) in [6.45, 7) is 0. The SMILES string of the molecule is O=C(Nc1ccc(C2CCCCC2)cc1)c1cnc[nH]1. The Morgan fingerprint density at radius 2 is 1.90 bits per heavy atom. The van der Waals surface area contributed by atoms with E-state index in [1.54, 1.807) is 0 Å². The zero-order valence-electron chi connectivity index (χ0n) is 11.4. The van der Waals surface area contributed by atoms with E-state index >= 15 is 0 Å². The Balaban J connectivity index is 1.65. The average Bonchev–Trinajstić information content (AvgIpc) is 3.03. The van der Waals surface area contributed by atoms with Crippen LogP contribution in [0.1, 0.15) is 54.1 Å². The number of hydrogen-bond donors (Lipinski definition) is 2. The van der Waals surface area contributed by atoms with Gasteiger partial charge in [-0.25, -0.2) is 4.98 Å². The van der Waals surface area contributed by atoms with Gasteiger partial charge in [-0.15, -0.1) is 0 Å². The van der Waals surface area contributed by atoms with E-state index in [1.807, 2.05) is 12.1 Å². The molecule has 1 aliphatic carbocycles. The molecule has 0 saturated heterocycles. The van der Waals surface area contributed by atoms with Crippen LogP contribution < -0.4 is 5.32 Å². The van der Waals surface area contributed by atoms with Gasteiger partial charge in [0.2, 0.25) is 0 Å². The molecule has 0 spiro atoms. The first-order chi connectivity index (χ1) is 9.83. The molecule has 0 atom stereocenters. The number of aromatic amines is 1. The van der Waals surface area contributed by atoms with Gasteiger partial charge < -0.3 is 10.3 Å². The fourth-order valence-electron chi connectivity index (χ4n) is 2.85. The Labute approximate surface area is 118 Å². The van der Waals surface area contributed by atoms with Crippen molar-refractivity contribution >= 4 is 11.6 Å². The van der Waals surface area contributed by atoms with Gasteiger partial charge in [0.05, 0.1) is 12.5 Å². The summed E-state index contributed by atoms with van der Waals surface area (Å²) in [5.41, 5.74) is 2.69. The summed E-state index contributed by atoms with van der Waals surface area (Å²) >= 11 is 0. The van der Waals surface area contributed by atoms with Gasteiger partial charge in [0.1, 0.15) is 5.69 Å². The molecule has 1 saturated carbocycles. The summed E-state index contributed by atoms with van der Waals surface area (Å²) < 4.78 is 0. The number of carbonyl (C=O) groups is 1. The van der Waals surface area contributed by atoms with Gasteiger partial charge >= 0.3 is 0 Å². The number of H-pyrrole nitrogens is 1. The lowest BCUT2D eigenvalue weighted by Gasteiger charge is -2.22. The number of benzene rings is 1. The van der Waals surface area contributed by atoms with Crippen molar-refractivity contribution in [2.24, 2.45) is 0 Å². The Bertz CT molecular complexity index is 554. The highest BCUT2D eigenvalue weighted by Crippen LogP contribution is 2.32. The van der Waals surface area contributed by atoms with Crippen LogP contribution in [0.25, 0.3) is 0 Å². The van der Waals surface area contributed by atoms with Crippen molar-refractivity contribution in [3.05, 3.63) is 48.0 Å². The first-order valence-corrected chi connectivity index (χ1v) is 7.22. The zero-order valence-corrected chi connectivity index (χ0v) is 11.4. The third kappa shape index (κ3) is 2.90. The van der Waals surface area contributed by atoms with E-state index in [1.165, 1.54) is 50.2 Å². The van der Waals surface area contributed by atoms with Crippen LogP contribution in [0, 0.1) is 0 Å². The number of rotatable bonds is 3. The Morgan fingerprint density at radius 3 is 2.55 bits per heavy atom. The van der Waals surface area contributed by atoms with Crippen LogP contribution in [0.4, 0.5) is 5.69 Å². The molecule has 2 aromatic rings. The van der Waals surface area contributed by atoms with E-state index in [0.29, 0.717) is 11.6 Å². The van der Waals surface area contributed by atoms with E-state index < -0.39 is 0 Å². The number of amides is 1. The Hall–Kier alpha value is -2.10. The second-order valence-electron chi connectivity index (χ2n) is 5.38. The van der Waals surface area contributed by atoms with Crippen LogP contribution in [0.15, 0.2) is 36.8 Å². The molecule has 0 radical (unpaired) electrons. The van der Waals surface area contributed by atoms with Gasteiger partial charge in [-0.3, -0.25) is 4.79 Å². The van der Waals surface area contributed by atoms with Crippen LogP contribution in [-0.4, -0.2) is 15.9 Å². The maximum absolute atomic E-state index is 11.9. The van der Waals surface area contributed by atoms with Crippen molar-refractivity contribution in [3.63, 3.8) is 0 Å². The van der Waals surface area contributed by atoms with Crippen LogP contribution in [-0.2, 0) is 0 Å². The van der Waals surface area contributed by atoms with Crippen molar-refractivity contribution in [2.75, 3.05) is 5.32 Å².